The lowest BCUT2D eigenvalue weighted by Gasteiger charge is -2.21. The molecule has 0 aliphatic rings. The average Bonchev–Trinajstić information content (AvgIpc) is 2.45. The Morgan fingerprint density at radius 1 is 1.15 bits per heavy atom. The first-order valence-corrected chi connectivity index (χ1v) is 5.99. The monoisotopic (exact) mass is 299 g/mol. The van der Waals surface area contributed by atoms with Gasteiger partial charge in [-0.25, -0.2) is 0 Å². The zero-order valence-electron chi connectivity index (χ0n) is 11.3. The highest BCUT2D eigenvalue weighted by atomic mass is 35.5. The van der Waals surface area contributed by atoms with Crippen molar-refractivity contribution in [1.82, 2.24) is 0 Å². The van der Waals surface area contributed by atoms with E-state index in [0.29, 0.717) is 10.7 Å². The highest BCUT2D eigenvalue weighted by molar-refractivity contribution is 6.31. The number of amides is 1. The zero-order chi connectivity index (χ0) is 15.3. The summed E-state index contributed by atoms with van der Waals surface area (Å²) in [7, 11) is 3.60. The van der Waals surface area contributed by atoms with Gasteiger partial charge in [-0.1, -0.05) is 17.7 Å². The molecule has 0 unspecified atom stereocenters. The van der Waals surface area contributed by atoms with Crippen LogP contribution in [0.2, 0.25) is 5.02 Å². The van der Waals surface area contributed by atoms with Crippen molar-refractivity contribution < 1.29 is 23.9 Å². The number of esters is 2. The topological polar surface area (TPSA) is 72.9 Å². The van der Waals surface area contributed by atoms with E-state index in [-0.39, 0.29) is 0 Å². The minimum Gasteiger partial charge on any atom is -0.468 e. The fraction of sp³-hybridized carbons (Fsp3) is 0.308. The molecule has 0 aliphatic carbocycles. The van der Waals surface area contributed by atoms with E-state index < -0.39 is 23.8 Å². The van der Waals surface area contributed by atoms with E-state index in [1.807, 2.05) is 0 Å². The standard InChI is InChI=1S/C13H14ClNO5/c1-15(9-6-4-5-8(14)7-9)11(16)10(12(17)19-2)13(18)20-3/h4-7,10H,1-3H3. The molecule has 20 heavy (non-hydrogen) atoms. The molecule has 0 N–H and O–H groups in total. The van der Waals surface area contributed by atoms with Crippen molar-refractivity contribution >= 4 is 35.1 Å². The van der Waals surface area contributed by atoms with Gasteiger partial charge in [0.15, 0.2) is 0 Å². The van der Waals surface area contributed by atoms with E-state index >= 15 is 0 Å². The summed E-state index contributed by atoms with van der Waals surface area (Å²) < 4.78 is 8.91. The van der Waals surface area contributed by atoms with Gasteiger partial charge < -0.3 is 14.4 Å². The Bertz CT molecular complexity index is 515. The molecule has 0 aromatic heterocycles. The van der Waals surface area contributed by atoms with Crippen molar-refractivity contribution in [3.8, 4) is 0 Å². The number of halogens is 1. The maximum atomic E-state index is 12.2. The summed E-state index contributed by atoms with van der Waals surface area (Å²) in [4.78, 5) is 36.5. The minimum atomic E-state index is -1.66. The molecule has 0 bridgehead atoms. The third kappa shape index (κ3) is 3.48. The summed E-state index contributed by atoms with van der Waals surface area (Å²) in [5.74, 6) is -4.37. The number of carbonyl (C=O) groups is 3. The first-order chi connectivity index (χ1) is 9.42. The van der Waals surface area contributed by atoms with Gasteiger partial charge in [-0.2, -0.15) is 0 Å². The van der Waals surface area contributed by atoms with Crippen LogP contribution in [0.25, 0.3) is 0 Å². The molecular weight excluding hydrogens is 286 g/mol. The number of hydrogen-bond donors (Lipinski definition) is 0. The molecule has 1 amide bonds. The Kier molecular flexibility index (Phi) is 5.52. The number of nitrogens with zero attached hydrogens (tertiary/aromatic N) is 1. The first kappa shape index (κ1) is 16.0. The van der Waals surface area contributed by atoms with Gasteiger partial charge in [-0.15, -0.1) is 0 Å². The van der Waals surface area contributed by atoms with Crippen molar-refractivity contribution in [3.63, 3.8) is 0 Å². The van der Waals surface area contributed by atoms with Gasteiger partial charge in [0.05, 0.1) is 14.2 Å². The average molecular weight is 300 g/mol. The molecule has 0 saturated heterocycles. The van der Waals surface area contributed by atoms with Gasteiger partial charge in [0.2, 0.25) is 5.92 Å². The van der Waals surface area contributed by atoms with E-state index in [1.54, 1.807) is 18.2 Å². The predicted octanol–water partition coefficient (Wildman–Crippen LogP) is 1.26. The van der Waals surface area contributed by atoms with E-state index in [4.69, 9.17) is 11.6 Å². The lowest BCUT2D eigenvalue weighted by Crippen LogP contribution is -2.42. The summed E-state index contributed by atoms with van der Waals surface area (Å²) in [6.07, 6.45) is 0. The number of carbonyl (C=O) groups excluding carboxylic acids is 3. The molecule has 0 fully saturated rings. The fourth-order valence-electron chi connectivity index (χ4n) is 1.54. The summed E-state index contributed by atoms with van der Waals surface area (Å²) in [6.45, 7) is 0. The van der Waals surface area contributed by atoms with Gasteiger partial charge in [-0.3, -0.25) is 14.4 Å². The normalized spacial score (nSPS) is 10.1. The van der Waals surface area contributed by atoms with Crippen LogP contribution in [0.15, 0.2) is 24.3 Å². The van der Waals surface area contributed by atoms with Crippen LogP contribution in [0.5, 0.6) is 0 Å². The third-order valence-electron chi connectivity index (χ3n) is 2.65. The summed E-state index contributed by atoms with van der Waals surface area (Å²) >= 11 is 5.83. The molecule has 0 atom stereocenters. The van der Waals surface area contributed by atoms with Crippen LogP contribution >= 0.6 is 11.6 Å². The van der Waals surface area contributed by atoms with E-state index in [2.05, 4.69) is 9.47 Å². The molecule has 6 nitrogen and oxygen atoms in total. The maximum absolute atomic E-state index is 12.2. The van der Waals surface area contributed by atoms with Crippen molar-refractivity contribution in [2.24, 2.45) is 5.92 Å². The van der Waals surface area contributed by atoms with Crippen LogP contribution in [0.3, 0.4) is 0 Å². The third-order valence-corrected chi connectivity index (χ3v) is 2.88. The second-order valence-electron chi connectivity index (χ2n) is 3.86. The van der Waals surface area contributed by atoms with Crippen molar-refractivity contribution in [3.05, 3.63) is 29.3 Å². The second kappa shape index (κ2) is 6.91. The maximum Gasteiger partial charge on any atom is 0.329 e. The van der Waals surface area contributed by atoms with E-state index in [9.17, 15) is 14.4 Å². The van der Waals surface area contributed by atoms with Crippen LogP contribution in [-0.2, 0) is 23.9 Å². The smallest absolute Gasteiger partial charge is 0.329 e. The molecule has 0 aliphatic heterocycles. The largest absolute Gasteiger partial charge is 0.468 e. The lowest BCUT2D eigenvalue weighted by atomic mass is 10.1. The SMILES string of the molecule is COC(=O)C(C(=O)OC)C(=O)N(C)c1cccc(Cl)c1. The van der Waals surface area contributed by atoms with Gasteiger partial charge >= 0.3 is 11.9 Å². The predicted molar refractivity (Wildman–Crippen MR) is 72.4 cm³/mol. The Labute approximate surface area is 121 Å². The van der Waals surface area contributed by atoms with Gasteiger partial charge in [0, 0.05) is 17.8 Å². The van der Waals surface area contributed by atoms with Crippen LogP contribution in [0, 0.1) is 5.92 Å². The van der Waals surface area contributed by atoms with Crippen molar-refractivity contribution in [1.29, 1.82) is 0 Å². The quantitative estimate of drug-likeness (QED) is 0.618. The summed E-state index contributed by atoms with van der Waals surface area (Å²) in [5, 5.41) is 0.426. The highest BCUT2D eigenvalue weighted by Gasteiger charge is 2.38. The molecule has 1 rings (SSSR count). The van der Waals surface area contributed by atoms with E-state index in [1.165, 1.54) is 13.1 Å². The van der Waals surface area contributed by atoms with Gasteiger partial charge in [0.25, 0.3) is 5.91 Å². The Morgan fingerprint density at radius 2 is 1.70 bits per heavy atom. The van der Waals surface area contributed by atoms with Gasteiger partial charge in [-0.05, 0) is 18.2 Å². The minimum absolute atomic E-state index is 0.426. The number of rotatable bonds is 4. The van der Waals surface area contributed by atoms with Crippen molar-refractivity contribution in [2.45, 2.75) is 0 Å². The number of anilines is 1. The van der Waals surface area contributed by atoms with Gasteiger partial charge in [0.1, 0.15) is 0 Å². The molecule has 1 aromatic rings. The Balaban J connectivity index is 3.06. The Hall–Kier alpha value is -2.08. The number of ether oxygens (including phenoxy) is 2. The highest BCUT2D eigenvalue weighted by Crippen LogP contribution is 2.20. The number of benzene rings is 1. The molecule has 0 spiro atoms. The fourth-order valence-corrected chi connectivity index (χ4v) is 1.72. The van der Waals surface area contributed by atoms with Crippen LogP contribution in [-0.4, -0.2) is 39.1 Å². The molecule has 108 valence electrons. The lowest BCUT2D eigenvalue weighted by molar-refractivity contribution is -0.161. The van der Waals surface area contributed by atoms with Crippen molar-refractivity contribution in [2.75, 3.05) is 26.2 Å². The van der Waals surface area contributed by atoms with E-state index in [0.717, 1.165) is 19.1 Å². The molecule has 0 radical (unpaired) electrons. The summed E-state index contributed by atoms with van der Waals surface area (Å²) in [5.41, 5.74) is 0.445. The van der Waals surface area contributed by atoms with Crippen LogP contribution < -0.4 is 4.90 Å². The summed E-state index contributed by atoms with van der Waals surface area (Å²) in [6, 6.07) is 6.44. The Morgan fingerprint density at radius 3 is 2.15 bits per heavy atom. The number of methoxy groups -OCH3 is 2. The zero-order valence-corrected chi connectivity index (χ0v) is 12.0. The number of hydrogen-bond acceptors (Lipinski definition) is 5. The molecule has 0 heterocycles. The molecule has 1 aromatic carbocycles. The molecular formula is C13H14ClNO5. The van der Waals surface area contributed by atoms with Crippen LogP contribution in [0.4, 0.5) is 5.69 Å². The second-order valence-corrected chi connectivity index (χ2v) is 4.29. The molecule has 0 saturated carbocycles. The first-order valence-electron chi connectivity index (χ1n) is 5.61. The molecule has 7 heteroatoms. The van der Waals surface area contributed by atoms with Crippen LogP contribution in [0.1, 0.15) is 0 Å².